The highest BCUT2D eigenvalue weighted by molar-refractivity contribution is 7.71. The molecule has 8 amide bonds. The summed E-state index contributed by atoms with van der Waals surface area (Å²) in [4.78, 5) is 124. The Bertz CT molecular complexity index is 2260. The van der Waals surface area contributed by atoms with E-state index < -0.39 is 72.5 Å². The Balaban J connectivity index is 1.51. The third-order valence-corrected chi connectivity index (χ3v) is 11.0. The Morgan fingerprint density at radius 1 is 0.600 bits per heavy atom. The zero-order valence-corrected chi connectivity index (χ0v) is 39.4. The molecule has 4 aliphatic rings. The van der Waals surface area contributed by atoms with Gasteiger partial charge >= 0.3 is 23.9 Å². The number of pyridine rings is 2. The van der Waals surface area contributed by atoms with Crippen LogP contribution < -0.4 is 42.5 Å². The van der Waals surface area contributed by atoms with Crippen LogP contribution in [0.25, 0.3) is 0 Å². The number of carboxylic acid groups (broad SMARTS) is 3. The van der Waals surface area contributed by atoms with E-state index in [1.54, 1.807) is 4.90 Å². The standard InChI is InChI=1S/C41H57N11O16S2/c53-30(42-13-2-1-4-26(39(61)62)48-41(65)49-27(40(63)64)9-12-32(55)56)5-3-6-31(54)43-14-19-50-20-15-44-33(57)24-7-10-28(51(66)37(24)69)35(59)46-17-22-68-23-18-47-36(60)29-11-8-25(38(70)52(29)67)34(58)45-16-21-50/h7-8,10-11,26-27,66-67H,1-6,9,12-23H2,(H,42,53)(H,43,54)(H,44,57)(H,45,58)(H,46,59)(H,47,60)(H,55,56)(H,61,62)(H,63,64)(H2,48,49,65)/t26-,27-/m0/s1. The number of aliphatic carboxylic acids is 3. The van der Waals surface area contributed by atoms with Gasteiger partial charge in [-0.3, -0.25) is 38.5 Å². The summed E-state index contributed by atoms with van der Waals surface area (Å²) >= 11 is 10.5. The van der Waals surface area contributed by atoms with Crippen molar-refractivity contribution in [2.75, 3.05) is 72.1 Å². The van der Waals surface area contributed by atoms with Gasteiger partial charge in [-0.15, -0.1) is 0 Å². The fourth-order valence-corrected chi connectivity index (χ4v) is 6.98. The monoisotopic (exact) mass is 1020 g/mol. The zero-order chi connectivity index (χ0) is 51.8. The fraction of sp³-hybridized carbons (Fsp3) is 0.512. The first kappa shape index (κ1) is 57.1. The molecule has 0 spiro atoms. The van der Waals surface area contributed by atoms with Crippen molar-refractivity contribution in [3.63, 3.8) is 0 Å². The number of nitrogens with one attached hydrogen (secondary N) is 8. The first-order valence-corrected chi connectivity index (χ1v) is 22.7. The van der Waals surface area contributed by atoms with E-state index in [1.807, 2.05) is 5.32 Å². The van der Waals surface area contributed by atoms with Crippen LogP contribution in [0.15, 0.2) is 24.3 Å². The molecule has 13 N–H and O–H groups in total. The number of hydrogen-bond donors (Lipinski definition) is 13. The first-order valence-electron chi connectivity index (χ1n) is 21.9. The quantitative estimate of drug-likeness (QED) is 0.0447. The van der Waals surface area contributed by atoms with E-state index in [0.29, 0.717) is 15.9 Å². The van der Waals surface area contributed by atoms with Crippen LogP contribution in [0.1, 0.15) is 93.1 Å². The average molecular weight is 1020 g/mol. The second kappa shape index (κ2) is 29.6. The second-order valence-electron chi connectivity index (χ2n) is 15.4. The Kier molecular flexibility index (Phi) is 24.1. The number of carbonyl (C=O) groups is 10. The Morgan fingerprint density at radius 2 is 1.06 bits per heavy atom. The van der Waals surface area contributed by atoms with Crippen molar-refractivity contribution in [3.05, 3.63) is 56.1 Å². The normalized spacial score (nSPS) is 15.3. The number of hydrogen-bond acceptors (Lipinski definition) is 16. The molecular formula is C41H57N11O16S2. The van der Waals surface area contributed by atoms with Gasteiger partial charge in [-0.2, -0.15) is 9.46 Å². The van der Waals surface area contributed by atoms with E-state index >= 15 is 0 Å². The first-order chi connectivity index (χ1) is 33.3. The Labute approximate surface area is 409 Å². The van der Waals surface area contributed by atoms with Gasteiger partial charge in [0, 0.05) is 78.2 Å². The van der Waals surface area contributed by atoms with E-state index in [9.17, 15) is 68.6 Å². The average Bonchev–Trinajstić information content (AvgIpc) is 3.30. The van der Waals surface area contributed by atoms with Gasteiger partial charge in [0.25, 0.3) is 23.6 Å². The predicted octanol–water partition coefficient (Wildman–Crippen LogP) is -1.18. The van der Waals surface area contributed by atoms with Crippen LogP contribution in [-0.4, -0.2) is 184 Å². The summed E-state index contributed by atoms with van der Waals surface area (Å²) in [7, 11) is 0. The Morgan fingerprint density at radius 3 is 1.53 bits per heavy atom. The van der Waals surface area contributed by atoms with Crippen LogP contribution in [0.5, 0.6) is 0 Å². The smallest absolute Gasteiger partial charge is 0.326 e. The summed E-state index contributed by atoms with van der Waals surface area (Å²) in [5, 5.41) is 68.7. The number of amides is 8. The van der Waals surface area contributed by atoms with Crippen molar-refractivity contribution in [1.82, 2.24) is 56.9 Å². The zero-order valence-electron chi connectivity index (χ0n) is 37.8. The van der Waals surface area contributed by atoms with Gasteiger partial charge in [-0.05, 0) is 56.4 Å². The molecule has 0 radical (unpaired) electrons. The number of carboxylic acids is 3. The minimum atomic E-state index is -1.55. The molecule has 4 bridgehead atoms. The second-order valence-corrected chi connectivity index (χ2v) is 16.1. The molecule has 0 saturated heterocycles. The molecule has 29 heteroatoms. The molecule has 0 aliphatic carbocycles. The summed E-state index contributed by atoms with van der Waals surface area (Å²) in [6.45, 7) is 1.02. The molecule has 0 saturated carbocycles. The number of nitrogens with zero attached hydrogens (tertiary/aromatic N) is 3. The maximum atomic E-state index is 13.1. The van der Waals surface area contributed by atoms with E-state index in [-0.39, 0.29) is 148 Å². The maximum absolute atomic E-state index is 13.1. The molecule has 0 aromatic carbocycles. The van der Waals surface area contributed by atoms with Gasteiger partial charge in [-0.1, -0.05) is 24.4 Å². The fourth-order valence-electron chi connectivity index (χ4n) is 6.46. The lowest BCUT2D eigenvalue weighted by atomic mass is 10.1. The van der Waals surface area contributed by atoms with Crippen molar-refractivity contribution < 1.29 is 78.4 Å². The lowest BCUT2D eigenvalue weighted by Gasteiger charge is -2.23. The highest BCUT2D eigenvalue weighted by Gasteiger charge is 2.25. The SMILES string of the molecule is O=C(O)CC[C@H](NC(=O)N[C@@H](CCCCNC(=O)CCCC(=O)NCCN1CCNC(=O)c2ccc(n(O)c2=S)C(=O)NCCOCCNC(=O)c2ccc(c(=S)n2O)C(=O)NCC1)C(=O)O)C(=O)O. The van der Waals surface area contributed by atoms with Gasteiger partial charge in [0.1, 0.15) is 23.5 Å². The van der Waals surface area contributed by atoms with Crippen molar-refractivity contribution in [2.45, 2.75) is 63.5 Å². The number of ether oxygens (including phenoxy) is 1. The summed E-state index contributed by atoms with van der Waals surface area (Å²) in [5.74, 6) is -7.60. The molecule has 2 atom stereocenters. The van der Waals surface area contributed by atoms with Gasteiger partial charge in [0.2, 0.25) is 11.8 Å². The minimum absolute atomic E-state index is 0.00308. The highest BCUT2D eigenvalue weighted by atomic mass is 32.1. The van der Waals surface area contributed by atoms with Gasteiger partial charge in [0.05, 0.1) is 24.3 Å². The minimum Gasteiger partial charge on any atom is -0.481 e. The maximum Gasteiger partial charge on any atom is 0.326 e. The number of urea groups is 1. The van der Waals surface area contributed by atoms with E-state index in [1.165, 1.54) is 24.3 Å². The third-order valence-electron chi connectivity index (χ3n) is 10.2. The summed E-state index contributed by atoms with van der Waals surface area (Å²) in [5.41, 5.74) is -0.680. The predicted molar refractivity (Wildman–Crippen MR) is 247 cm³/mol. The van der Waals surface area contributed by atoms with Crippen molar-refractivity contribution in [1.29, 1.82) is 0 Å². The van der Waals surface area contributed by atoms with Gasteiger partial charge < -0.3 is 73.0 Å². The third kappa shape index (κ3) is 19.4. The van der Waals surface area contributed by atoms with Gasteiger partial charge in [0.15, 0.2) is 9.28 Å². The molecule has 70 heavy (non-hydrogen) atoms. The van der Waals surface area contributed by atoms with Crippen LogP contribution in [0, 0.1) is 9.28 Å². The van der Waals surface area contributed by atoms with Crippen LogP contribution in [0.4, 0.5) is 4.79 Å². The van der Waals surface area contributed by atoms with Crippen LogP contribution in [-0.2, 0) is 28.7 Å². The van der Waals surface area contributed by atoms with Crippen LogP contribution >= 0.6 is 24.4 Å². The number of carbonyl (C=O) groups excluding carboxylic acids is 7. The number of rotatable bonds is 19. The summed E-state index contributed by atoms with van der Waals surface area (Å²) in [6, 6.07) is 0.971. The molecule has 384 valence electrons. The van der Waals surface area contributed by atoms with Crippen LogP contribution in [0.3, 0.4) is 0 Å². The summed E-state index contributed by atoms with van der Waals surface area (Å²) in [6.07, 6.45) is -0.253. The molecule has 0 unspecified atom stereocenters. The summed E-state index contributed by atoms with van der Waals surface area (Å²) < 4.78 is 5.57. The number of aromatic nitrogens is 2. The van der Waals surface area contributed by atoms with Crippen molar-refractivity contribution in [3.8, 4) is 0 Å². The van der Waals surface area contributed by atoms with E-state index in [2.05, 4.69) is 37.2 Å². The Hall–Kier alpha value is -7.24. The molecular weight excluding hydrogens is 967 g/mol. The molecule has 6 rings (SSSR count). The molecule has 2 aromatic heterocycles. The topological polar surface area (TPSA) is 390 Å². The largest absolute Gasteiger partial charge is 0.481 e. The molecule has 0 fully saturated rings. The van der Waals surface area contributed by atoms with Crippen LogP contribution in [0.2, 0.25) is 0 Å². The molecule has 27 nitrogen and oxygen atoms in total. The molecule has 6 heterocycles. The van der Waals surface area contributed by atoms with Crippen molar-refractivity contribution in [2.24, 2.45) is 0 Å². The highest BCUT2D eigenvalue weighted by Crippen LogP contribution is 2.10. The molecule has 2 aromatic rings. The van der Waals surface area contributed by atoms with E-state index in [4.69, 9.17) is 34.3 Å². The van der Waals surface area contributed by atoms with E-state index in [0.717, 1.165) is 0 Å². The van der Waals surface area contributed by atoms with Crippen molar-refractivity contribution >= 4 is 83.8 Å². The lowest BCUT2D eigenvalue weighted by molar-refractivity contribution is -0.141. The van der Waals surface area contributed by atoms with Gasteiger partial charge in [-0.25, -0.2) is 14.4 Å². The lowest BCUT2D eigenvalue weighted by Crippen LogP contribution is -2.51. The number of unbranched alkanes of at least 4 members (excludes halogenated alkanes) is 1. The molecule has 4 aliphatic heterocycles.